The third-order valence-electron chi connectivity index (χ3n) is 5.05. The molecule has 7 nitrogen and oxygen atoms in total. The van der Waals surface area contributed by atoms with Crippen molar-refractivity contribution in [3.05, 3.63) is 58.9 Å². The van der Waals surface area contributed by atoms with Crippen molar-refractivity contribution in [2.24, 2.45) is 0 Å². The molecule has 2 aromatic carbocycles. The largest absolute Gasteiger partial charge is 0.334 e. The smallest absolute Gasteiger partial charge is 0.261 e. The van der Waals surface area contributed by atoms with Crippen molar-refractivity contribution in [1.29, 1.82) is 0 Å². The minimum Gasteiger partial charge on any atom is -0.334 e. The maximum Gasteiger partial charge on any atom is 0.261 e. The Bertz CT molecular complexity index is 1070. The number of nitrogens with zero attached hydrogens (tertiary/aromatic N) is 1. The van der Waals surface area contributed by atoms with Crippen LogP contribution in [0.15, 0.2) is 36.4 Å². The van der Waals surface area contributed by atoms with Gasteiger partial charge in [0.2, 0.25) is 0 Å². The summed E-state index contributed by atoms with van der Waals surface area (Å²) in [5.41, 5.74) is 3.92. The molecule has 1 unspecified atom stereocenters. The summed E-state index contributed by atoms with van der Waals surface area (Å²) >= 11 is 0. The van der Waals surface area contributed by atoms with Gasteiger partial charge in [-0.15, -0.1) is 0 Å². The van der Waals surface area contributed by atoms with Crippen LogP contribution in [0.2, 0.25) is 0 Å². The molecular weight excluding hydrogens is 399 g/mol. The lowest BCUT2D eigenvalue weighted by Gasteiger charge is -2.19. The van der Waals surface area contributed by atoms with Crippen LogP contribution in [0.5, 0.6) is 0 Å². The van der Waals surface area contributed by atoms with Crippen molar-refractivity contribution in [2.75, 3.05) is 12.8 Å². The molecule has 0 aliphatic carbocycles. The average molecular weight is 420 g/mol. The number of amides is 2. The number of hydrogen-bond acceptors (Lipinski definition) is 5. The first kappa shape index (κ1) is 20.9. The van der Waals surface area contributed by atoms with Gasteiger partial charge in [0.15, 0.2) is 9.84 Å². The predicted molar refractivity (Wildman–Crippen MR) is 104 cm³/mol. The highest BCUT2D eigenvalue weighted by atomic mass is 32.2. The first-order valence-electron chi connectivity index (χ1n) is 8.94. The predicted octanol–water partition coefficient (Wildman–Crippen LogP) is 2.07. The molecule has 0 spiro atoms. The Kier molecular flexibility index (Phi) is 5.72. The van der Waals surface area contributed by atoms with Crippen LogP contribution in [0.3, 0.4) is 0 Å². The molecule has 1 aliphatic rings. The van der Waals surface area contributed by atoms with Gasteiger partial charge in [-0.25, -0.2) is 18.3 Å². The number of halogens is 1. The number of fused-ring (bicyclic) bond motifs is 1. The van der Waals surface area contributed by atoms with Gasteiger partial charge in [0, 0.05) is 36.0 Å². The van der Waals surface area contributed by atoms with E-state index in [1.54, 1.807) is 24.3 Å². The fraction of sp³-hybridized carbons (Fsp3) is 0.300. The van der Waals surface area contributed by atoms with Gasteiger partial charge in [0.05, 0.1) is 0 Å². The zero-order valence-electron chi connectivity index (χ0n) is 16.0. The molecule has 0 fully saturated rings. The van der Waals surface area contributed by atoms with Gasteiger partial charge in [-0.05, 0) is 25.0 Å². The van der Waals surface area contributed by atoms with Gasteiger partial charge in [-0.2, -0.15) is 0 Å². The maximum atomic E-state index is 15.1. The van der Waals surface area contributed by atoms with Crippen molar-refractivity contribution >= 4 is 21.7 Å². The van der Waals surface area contributed by atoms with Crippen LogP contribution in [0.4, 0.5) is 4.39 Å². The Morgan fingerprint density at radius 2 is 1.83 bits per heavy atom. The zero-order chi connectivity index (χ0) is 21.3. The van der Waals surface area contributed by atoms with Crippen molar-refractivity contribution in [1.82, 2.24) is 10.4 Å². The molecule has 2 amide bonds. The fourth-order valence-corrected chi connectivity index (χ4v) is 4.41. The number of carbonyl (C=O) groups is 2. The lowest BCUT2D eigenvalue weighted by molar-refractivity contribution is -0.128. The van der Waals surface area contributed by atoms with Crippen LogP contribution in [0.1, 0.15) is 27.9 Å². The maximum absolute atomic E-state index is 15.1. The van der Waals surface area contributed by atoms with Gasteiger partial charge in [-0.1, -0.05) is 35.9 Å². The fourth-order valence-electron chi connectivity index (χ4n) is 3.43. The van der Waals surface area contributed by atoms with Crippen LogP contribution in [0.25, 0.3) is 11.1 Å². The monoisotopic (exact) mass is 420 g/mol. The molecule has 2 aromatic rings. The van der Waals surface area contributed by atoms with Gasteiger partial charge in [0.1, 0.15) is 11.1 Å². The number of rotatable bonds is 6. The second kappa shape index (κ2) is 7.92. The van der Waals surface area contributed by atoms with E-state index in [4.69, 9.17) is 5.21 Å². The minimum absolute atomic E-state index is 0.0169. The molecule has 0 radical (unpaired) electrons. The molecule has 2 N–H and O–H groups in total. The number of benzene rings is 2. The molecule has 9 heteroatoms. The van der Waals surface area contributed by atoms with Crippen LogP contribution < -0.4 is 5.48 Å². The van der Waals surface area contributed by atoms with Crippen LogP contribution >= 0.6 is 0 Å². The molecule has 0 saturated heterocycles. The van der Waals surface area contributed by atoms with E-state index >= 15 is 4.39 Å². The zero-order valence-corrected chi connectivity index (χ0v) is 16.8. The summed E-state index contributed by atoms with van der Waals surface area (Å²) in [6.45, 7) is 1.84. The summed E-state index contributed by atoms with van der Waals surface area (Å²) in [7, 11) is -3.79. The molecule has 1 aliphatic heterocycles. The van der Waals surface area contributed by atoms with Crippen LogP contribution in [0, 0.1) is 12.7 Å². The van der Waals surface area contributed by atoms with Gasteiger partial charge in [0.25, 0.3) is 11.8 Å². The summed E-state index contributed by atoms with van der Waals surface area (Å²) < 4.78 is 38.7. The quantitative estimate of drug-likeness (QED) is 0.550. The molecule has 0 aromatic heterocycles. The Labute approximate surface area is 168 Å². The topological polar surface area (TPSA) is 104 Å². The van der Waals surface area contributed by atoms with Gasteiger partial charge < -0.3 is 4.90 Å². The number of hydroxylamine groups is 1. The van der Waals surface area contributed by atoms with E-state index in [0.717, 1.165) is 11.8 Å². The third kappa shape index (κ3) is 4.15. The summed E-state index contributed by atoms with van der Waals surface area (Å²) in [6.07, 6.45) is 0.665. The SMILES string of the molecule is Cc1ccc(-c2ccc3c(c2F)CN(CCC(C(=O)NO)S(C)(=O)=O)C3=O)cc1. The Morgan fingerprint density at radius 1 is 1.21 bits per heavy atom. The van der Waals surface area contributed by atoms with Crippen molar-refractivity contribution in [2.45, 2.75) is 25.1 Å². The van der Waals surface area contributed by atoms with E-state index in [-0.39, 0.29) is 30.6 Å². The first-order chi connectivity index (χ1) is 13.6. The lowest BCUT2D eigenvalue weighted by Crippen LogP contribution is -2.40. The van der Waals surface area contributed by atoms with Crippen LogP contribution in [-0.2, 0) is 21.2 Å². The molecule has 1 heterocycles. The van der Waals surface area contributed by atoms with Gasteiger partial charge in [-0.3, -0.25) is 14.8 Å². The molecule has 0 saturated carbocycles. The van der Waals surface area contributed by atoms with Crippen molar-refractivity contribution in [3.63, 3.8) is 0 Å². The third-order valence-corrected chi connectivity index (χ3v) is 6.54. The van der Waals surface area contributed by atoms with E-state index < -0.39 is 32.7 Å². The molecule has 1 atom stereocenters. The molecule has 154 valence electrons. The van der Waals surface area contributed by atoms with E-state index in [9.17, 15) is 18.0 Å². The van der Waals surface area contributed by atoms with Gasteiger partial charge >= 0.3 is 0 Å². The molecular formula is C20H21FN2O5S. The highest BCUT2D eigenvalue weighted by Gasteiger charge is 2.34. The summed E-state index contributed by atoms with van der Waals surface area (Å²) in [6, 6.07) is 10.5. The number of nitrogens with one attached hydrogen (secondary N) is 1. The highest BCUT2D eigenvalue weighted by Crippen LogP contribution is 2.32. The second-order valence-corrected chi connectivity index (χ2v) is 9.36. The summed E-state index contributed by atoms with van der Waals surface area (Å²) in [5, 5.41) is 7.25. The van der Waals surface area contributed by atoms with E-state index in [0.29, 0.717) is 11.1 Å². The standard InChI is InChI=1S/C20H21FN2O5S/c1-12-3-5-13(6-4-12)14-7-8-15-16(18(14)21)11-23(20(15)25)10-9-17(19(24)22-26)29(2,27)28/h3-8,17,26H,9-11H2,1-2H3,(H,22,24). The molecule has 0 bridgehead atoms. The molecule has 3 rings (SSSR count). The lowest BCUT2D eigenvalue weighted by atomic mass is 9.99. The minimum atomic E-state index is -3.79. The first-order valence-corrected chi connectivity index (χ1v) is 10.9. The normalized spacial score (nSPS) is 14.6. The van der Waals surface area contributed by atoms with Crippen LogP contribution in [-0.4, -0.2) is 48.4 Å². The van der Waals surface area contributed by atoms with E-state index in [2.05, 4.69) is 0 Å². The van der Waals surface area contributed by atoms with Crippen molar-refractivity contribution < 1.29 is 27.6 Å². The summed E-state index contributed by atoms with van der Waals surface area (Å²) in [5.74, 6) is -1.98. The molecule has 29 heavy (non-hydrogen) atoms. The van der Waals surface area contributed by atoms with E-state index in [1.807, 2.05) is 19.1 Å². The highest BCUT2D eigenvalue weighted by molar-refractivity contribution is 7.92. The van der Waals surface area contributed by atoms with E-state index in [1.165, 1.54) is 10.4 Å². The van der Waals surface area contributed by atoms with Crippen molar-refractivity contribution in [3.8, 4) is 11.1 Å². The second-order valence-electron chi connectivity index (χ2n) is 7.13. The number of hydrogen-bond donors (Lipinski definition) is 2. The average Bonchev–Trinajstić information content (AvgIpc) is 2.99. The Hall–Kier alpha value is -2.78. The Balaban J connectivity index is 1.83. The number of sulfone groups is 1. The summed E-state index contributed by atoms with van der Waals surface area (Å²) in [4.78, 5) is 25.5. The Morgan fingerprint density at radius 3 is 2.41 bits per heavy atom. The number of aryl methyl sites for hydroxylation is 1. The number of carbonyl (C=O) groups excluding carboxylic acids is 2.